The largest absolute Gasteiger partial charge is 0.481 e. The van der Waals surface area contributed by atoms with Crippen molar-refractivity contribution in [1.82, 2.24) is 0 Å². The molecule has 1 aromatic carbocycles. The molecule has 0 radical (unpaired) electrons. The van der Waals surface area contributed by atoms with Gasteiger partial charge < -0.3 is 5.11 Å². The lowest BCUT2D eigenvalue weighted by atomic mass is 9.76. The van der Waals surface area contributed by atoms with Crippen molar-refractivity contribution in [3.8, 4) is 0 Å². The maximum absolute atomic E-state index is 12.1. The number of rotatable bonds is 13. The van der Waals surface area contributed by atoms with Crippen molar-refractivity contribution in [2.75, 3.05) is 12.3 Å². The average Bonchev–Trinajstić information content (AvgIpc) is 2.91. The molecule has 0 spiro atoms. The molecule has 180 valence electrons. The van der Waals surface area contributed by atoms with Gasteiger partial charge in [-0.05, 0) is 38.3 Å². The molecule has 0 aromatic heterocycles. The summed E-state index contributed by atoms with van der Waals surface area (Å²) in [6.45, 7) is 4.46. The number of benzene rings is 1. The molecular weight excluding hydrogens is 460 g/mol. The number of carboxylic acids is 1. The maximum Gasteiger partial charge on any atom is 0.312 e. The zero-order valence-corrected chi connectivity index (χ0v) is 19.9. The zero-order chi connectivity index (χ0) is 24.2. The highest BCUT2D eigenvalue weighted by molar-refractivity contribution is 7.86. The Morgan fingerprint density at radius 3 is 2.41 bits per heavy atom. The number of fused-ring (bicyclic) bond motifs is 1. The van der Waals surface area contributed by atoms with Gasteiger partial charge in [-0.3, -0.25) is 9.35 Å². The first-order chi connectivity index (χ1) is 14.8. The van der Waals surface area contributed by atoms with Gasteiger partial charge >= 0.3 is 16.1 Å². The topological polar surface area (TPSA) is 164 Å². The lowest BCUT2D eigenvalue weighted by Gasteiger charge is -2.22. The van der Waals surface area contributed by atoms with E-state index in [1.807, 2.05) is 18.4 Å². The third kappa shape index (κ3) is 6.35. The number of carbonyl (C=O) groups is 1. The van der Waals surface area contributed by atoms with Crippen LogP contribution in [0.1, 0.15) is 64.4 Å². The predicted octanol–water partition coefficient (Wildman–Crippen LogP) is 2.34. The van der Waals surface area contributed by atoms with Crippen LogP contribution < -0.4 is 5.90 Å². The summed E-state index contributed by atoms with van der Waals surface area (Å²) < 4.78 is 61.4. The van der Waals surface area contributed by atoms with E-state index in [0.717, 1.165) is 29.8 Å². The highest BCUT2D eigenvalue weighted by Crippen LogP contribution is 2.44. The Bertz CT molecular complexity index is 1100. The third-order valence-corrected chi connectivity index (χ3v) is 7.96. The van der Waals surface area contributed by atoms with Crippen molar-refractivity contribution in [1.29, 1.82) is 0 Å². The van der Waals surface area contributed by atoms with Crippen molar-refractivity contribution in [2.45, 2.75) is 69.1 Å². The van der Waals surface area contributed by atoms with Crippen LogP contribution in [-0.4, -0.2) is 55.0 Å². The van der Waals surface area contributed by atoms with Gasteiger partial charge in [0.2, 0.25) is 5.69 Å². The number of nitrogens with zero attached hydrogens (tertiary/aromatic N) is 1. The van der Waals surface area contributed by atoms with E-state index in [1.165, 1.54) is 6.07 Å². The first-order valence-corrected chi connectivity index (χ1v) is 13.4. The number of nitrogens with two attached hydrogens (primary N) is 1. The second-order valence-electron chi connectivity index (χ2n) is 8.25. The smallest absolute Gasteiger partial charge is 0.312 e. The Morgan fingerprint density at radius 1 is 1.12 bits per heavy atom. The fraction of sp³-hybridized carbons (Fsp3) is 0.600. The fourth-order valence-electron chi connectivity index (χ4n) is 4.17. The fourth-order valence-corrected chi connectivity index (χ4v) is 5.34. The highest BCUT2D eigenvalue weighted by atomic mass is 32.2. The van der Waals surface area contributed by atoms with Gasteiger partial charge in [0.1, 0.15) is 6.54 Å². The van der Waals surface area contributed by atoms with E-state index in [2.05, 4.69) is 4.28 Å². The number of hydrogen-bond acceptors (Lipinski definition) is 7. The highest BCUT2D eigenvalue weighted by Gasteiger charge is 2.46. The van der Waals surface area contributed by atoms with E-state index in [4.69, 9.17) is 15.6 Å². The Labute approximate surface area is 188 Å². The molecule has 12 heteroatoms. The molecule has 1 heterocycles. The standard InChI is InChI=1S/C20H30N2O8S2/c1-15-20(2,11-5-3-4-8-19(23)24)17-14-16(32(28,29)30-21)9-10-18(17)22(15)12-6-7-13-31(25,26)27/h9-10,14H,3-8,11-13,21H2,1-2H3,(H-,23,24,25,26,27)/p+1. The summed E-state index contributed by atoms with van der Waals surface area (Å²) in [5.41, 5.74) is 2.10. The first-order valence-electron chi connectivity index (χ1n) is 10.4. The van der Waals surface area contributed by atoms with Crippen LogP contribution in [0, 0.1) is 0 Å². The number of hydrogen-bond donors (Lipinski definition) is 3. The van der Waals surface area contributed by atoms with Gasteiger partial charge in [-0.1, -0.05) is 12.8 Å². The van der Waals surface area contributed by atoms with E-state index in [0.29, 0.717) is 25.8 Å². The number of unbranched alkanes of at least 4 members (excludes halogenated alkanes) is 3. The molecule has 0 saturated carbocycles. The normalized spacial score (nSPS) is 18.8. The van der Waals surface area contributed by atoms with E-state index in [-0.39, 0.29) is 23.5 Å². The zero-order valence-electron chi connectivity index (χ0n) is 18.3. The van der Waals surface area contributed by atoms with Gasteiger partial charge in [-0.25, -0.2) is 0 Å². The van der Waals surface area contributed by atoms with Crippen LogP contribution >= 0.6 is 0 Å². The van der Waals surface area contributed by atoms with Crippen molar-refractivity contribution in [3.63, 3.8) is 0 Å². The van der Waals surface area contributed by atoms with Crippen LogP contribution in [0.2, 0.25) is 0 Å². The van der Waals surface area contributed by atoms with Crippen LogP contribution in [0.25, 0.3) is 0 Å². The van der Waals surface area contributed by atoms with Gasteiger partial charge in [-0.2, -0.15) is 31.6 Å². The predicted molar refractivity (Wildman–Crippen MR) is 118 cm³/mol. The van der Waals surface area contributed by atoms with Crippen molar-refractivity contribution < 1.29 is 40.1 Å². The lowest BCUT2D eigenvalue weighted by Crippen LogP contribution is -2.30. The Kier molecular flexibility index (Phi) is 8.56. The van der Waals surface area contributed by atoms with Crippen LogP contribution in [0.4, 0.5) is 5.69 Å². The summed E-state index contributed by atoms with van der Waals surface area (Å²) in [7, 11) is -8.12. The van der Waals surface area contributed by atoms with E-state index >= 15 is 0 Å². The van der Waals surface area contributed by atoms with Crippen molar-refractivity contribution in [2.24, 2.45) is 5.90 Å². The van der Waals surface area contributed by atoms with Gasteiger partial charge in [0.25, 0.3) is 10.1 Å². The van der Waals surface area contributed by atoms with Crippen LogP contribution in [-0.2, 0) is 34.7 Å². The molecule has 4 N–H and O–H groups in total. The molecule has 10 nitrogen and oxygen atoms in total. The molecule has 0 amide bonds. The molecule has 1 aromatic rings. The third-order valence-electron chi connectivity index (χ3n) is 6.07. The average molecular weight is 492 g/mol. The quantitative estimate of drug-likeness (QED) is 0.162. The summed E-state index contributed by atoms with van der Waals surface area (Å²) in [4.78, 5) is 10.7. The SMILES string of the molecule is CC1=[N+](CCCCS(=O)(=O)O)c2ccc(S(=O)(=O)ON)cc2C1(C)CCCCCC(=O)O. The molecule has 0 saturated heterocycles. The molecule has 1 atom stereocenters. The van der Waals surface area contributed by atoms with Crippen LogP contribution in [0.3, 0.4) is 0 Å². The summed E-state index contributed by atoms with van der Waals surface area (Å²) in [6, 6.07) is 4.65. The molecule has 1 unspecified atom stereocenters. The van der Waals surface area contributed by atoms with Crippen LogP contribution in [0.5, 0.6) is 0 Å². The van der Waals surface area contributed by atoms with Gasteiger partial charge in [0, 0.05) is 31.4 Å². The molecule has 32 heavy (non-hydrogen) atoms. The second kappa shape index (κ2) is 10.4. The first kappa shape index (κ1) is 26.4. The molecule has 1 aliphatic heterocycles. The summed E-state index contributed by atoms with van der Waals surface area (Å²) in [6.07, 6.45) is 3.62. The second-order valence-corrected chi connectivity index (χ2v) is 11.4. The summed E-state index contributed by atoms with van der Waals surface area (Å²) in [5, 5.41) is 8.82. The van der Waals surface area contributed by atoms with E-state index in [9.17, 15) is 21.6 Å². The number of carboxylic acid groups (broad SMARTS) is 1. The van der Waals surface area contributed by atoms with Crippen LogP contribution in [0.15, 0.2) is 23.1 Å². The number of aliphatic carboxylic acids is 1. The summed E-state index contributed by atoms with van der Waals surface area (Å²) in [5.74, 6) is 3.78. The minimum Gasteiger partial charge on any atom is -0.481 e. The van der Waals surface area contributed by atoms with Gasteiger partial charge in [0.05, 0.1) is 16.1 Å². The molecule has 2 rings (SSSR count). The molecular formula is C20H31N2O8S2+. The van der Waals surface area contributed by atoms with Crippen molar-refractivity contribution >= 4 is 37.6 Å². The Hall–Kier alpha value is -1.86. The Balaban J connectivity index is 2.32. The Morgan fingerprint density at radius 2 is 1.81 bits per heavy atom. The molecule has 0 fully saturated rings. The van der Waals surface area contributed by atoms with E-state index < -0.39 is 31.6 Å². The lowest BCUT2D eigenvalue weighted by molar-refractivity contribution is -0.439. The minimum absolute atomic E-state index is 0.0584. The maximum atomic E-state index is 12.1. The molecule has 0 bridgehead atoms. The van der Waals surface area contributed by atoms with Gasteiger partial charge in [-0.15, -0.1) is 0 Å². The molecule has 0 aliphatic carbocycles. The summed E-state index contributed by atoms with van der Waals surface area (Å²) >= 11 is 0. The minimum atomic E-state index is -4.09. The monoisotopic (exact) mass is 491 g/mol. The van der Waals surface area contributed by atoms with Gasteiger partial charge in [0.15, 0.2) is 5.71 Å². The van der Waals surface area contributed by atoms with E-state index in [1.54, 1.807) is 12.1 Å². The molecule has 1 aliphatic rings. The van der Waals surface area contributed by atoms with Crippen molar-refractivity contribution in [3.05, 3.63) is 23.8 Å².